The lowest BCUT2D eigenvalue weighted by Crippen LogP contribution is -2.54. The SMILES string of the molecule is C=CC[C@@H]1[C@H]2CCCCN3[C@H]2[C@H](C[C@H]3[C@@H]2C[C@H](C)C(=O)O2)[C@H]2CC(=O)O[C@@H]12. The number of rotatable bonds is 3. The zero-order valence-corrected chi connectivity index (χ0v) is 16.2. The van der Waals surface area contributed by atoms with Crippen LogP contribution >= 0.6 is 0 Å². The first-order chi connectivity index (χ1) is 13.1. The molecule has 0 aromatic heterocycles. The molecule has 0 radical (unpaired) electrons. The second-order valence-corrected chi connectivity index (χ2v) is 9.48. The average Bonchev–Trinajstić information content (AvgIpc) is 3.24. The van der Waals surface area contributed by atoms with Crippen LogP contribution in [-0.4, -0.2) is 47.7 Å². The molecule has 0 N–H and O–H groups in total. The number of cyclic esters (lactones) is 1. The van der Waals surface area contributed by atoms with Crippen LogP contribution in [0.1, 0.15) is 51.9 Å². The minimum absolute atomic E-state index is 0.0121. The Morgan fingerprint density at radius 2 is 2.00 bits per heavy atom. The number of carbonyl (C=O) groups excluding carboxylic acids is 2. The van der Waals surface area contributed by atoms with E-state index in [0.717, 1.165) is 25.8 Å². The van der Waals surface area contributed by atoms with Gasteiger partial charge in [0.25, 0.3) is 0 Å². The second kappa shape index (κ2) is 6.61. The van der Waals surface area contributed by atoms with Crippen molar-refractivity contribution >= 4 is 11.9 Å². The van der Waals surface area contributed by atoms with Gasteiger partial charge < -0.3 is 9.47 Å². The van der Waals surface area contributed by atoms with E-state index < -0.39 is 0 Å². The van der Waals surface area contributed by atoms with Crippen LogP contribution < -0.4 is 0 Å². The molecule has 0 bridgehead atoms. The Hall–Kier alpha value is -1.36. The summed E-state index contributed by atoms with van der Waals surface area (Å²) >= 11 is 0. The van der Waals surface area contributed by atoms with Crippen molar-refractivity contribution in [3.05, 3.63) is 12.7 Å². The van der Waals surface area contributed by atoms with Crippen LogP contribution in [0.2, 0.25) is 0 Å². The summed E-state index contributed by atoms with van der Waals surface area (Å²) in [5.41, 5.74) is 0. The number of allylic oxidation sites excluding steroid dienone is 1. The number of nitrogens with zero attached hydrogens (tertiary/aromatic N) is 1. The van der Waals surface area contributed by atoms with E-state index in [-0.39, 0.29) is 30.1 Å². The van der Waals surface area contributed by atoms with Crippen molar-refractivity contribution in [2.45, 2.75) is 76.2 Å². The molecule has 9 atom stereocenters. The Bertz CT molecular complexity index is 648. The van der Waals surface area contributed by atoms with Crippen molar-refractivity contribution in [3.8, 4) is 0 Å². The van der Waals surface area contributed by atoms with E-state index in [2.05, 4.69) is 11.5 Å². The molecule has 4 saturated heterocycles. The third-order valence-electron chi connectivity index (χ3n) is 8.14. The summed E-state index contributed by atoms with van der Waals surface area (Å²) in [6.07, 6.45) is 9.12. The fourth-order valence-corrected chi connectivity index (χ4v) is 7.14. The van der Waals surface area contributed by atoms with E-state index in [1.807, 2.05) is 13.0 Å². The van der Waals surface area contributed by atoms with Gasteiger partial charge in [0.1, 0.15) is 12.2 Å². The summed E-state index contributed by atoms with van der Waals surface area (Å²) in [6.45, 7) is 7.06. The molecule has 1 aliphatic carbocycles. The van der Waals surface area contributed by atoms with Crippen molar-refractivity contribution in [2.24, 2.45) is 29.6 Å². The number of carbonyl (C=O) groups is 2. The highest BCUT2D eigenvalue weighted by Crippen LogP contribution is 2.56. The van der Waals surface area contributed by atoms with E-state index in [9.17, 15) is 9.59 Å². The molecule has 0 spiro atoms. The number of hydrogen-bond acceptors (Lipinski definition) is 5. The lowest BCUT2D eigenvalue weighted by Gasteiger charge is -2.47. The topological polar surface area (TPSA) is 55.8 Å². The zero-order valence-electron chi connectivity index (χ0n) is 16.2. The summed E-state index contributed by atoms with van der Waals surface area (Å²) in [4.78, 5) is 26.9. The lowest BCUT2D eigenvalue weighted by molar-refractivity contribution is -0.146. The average molecular weight is 373 g/mol. The number of esters is 2. The molecule has 5 rings (SSSR count). The Kier molecular flexibility index (Phi) is 4.34. The van der Waals surface area contributed by atoms with Gasteiger partial charge in [-0.05, 0) is 50.5 Å². The van der Waals surface area contributed by atoms with Gasteiger partial charge in [0.2, 0.25) is 0 Å². The largest absolute Gasteiger partial charge is 0.462 e. The zero-order chi connectivity index (χ0) is 18.7. The van der Waals surface area contributed by atoms with Crippen molar-refractivity contribution < 1.29 is 19.1 Å². The normalized spacial score (nSPS) is 49.1. The third-order valence-corrected chi connectivity index (χ3v) is 8.14. The van der Waals surface area contributed by atoms with Gasteiger partial charge in [-0.15, -0.1) is 6.58 Å². The van der Waals surface area contributed by atoms with Gasteiger partial charge in [-0.25, -0.2) is 0 Å². The van der Waals surface area contributed by atoms with E-state index in [1.54, 1.807) is 0 Å². The van der Waals surface area contributed by atoms with Crippen molar-refractivity contribution in [1.29, 1.82) is 0 Å². The Labute approximate surface area is 161 Å². The highest BCUT2D eigenvalue weighted by molar-refractivity contribution is 5.74. The third kappa shape index (κ3) is 2.68. The van der Waals surface area contributed by atoms with Crippen LogP contribution in [0.4, 0.5) is 0 Å². The summed E-state index contributed by atoms with van der Waals surface area (Å²) in [6, 6.07) is 0.821. The van der Waals surface area contributed by atoms with Crippen LogP contribution in [-0.2, 0) is 19.1 Å². The first-order valence-corrected chi connectivity index (χ1v) is 10.8. The molecule has 0 aromatic carbocycles. The van der Waals surface area contributed by atoms with Crippen molar-refractivity contribution in [2.75, 3.05) is 6.54 Å². The van der Waals surface area contributed by atoms with Crippen molar-refractivity contribution in [1.82, 2.24) is 4.90 Å². The summed E-state index contributed by atoms with van der Waals surface area (Å²) in [7, 11) is 0. The molecular weight excluding hydrogens is 342 g/mol. The molecule has 5 aliphatic rings. The number of hydrogen-bond donors (Lipinski definition) is 0. The van der Waals surface area contributed by atoms with Gasteiger partial charge in [-0.1, -0.05) is 19.4 Å². The molecule has 148 valence electrons. The number of fused-ring (bicyclic) bond motifs is 2. The molecule has 0 amide bonds. The highest BCUT2D eigenvalue weighted by Gasteiger charge is 2.61. The standard InChI is InChI=1S/C22H31NO4/c1-3-6-14-13-7-4-5-8-23-17(18-9-12(2)22(25)26-18)10-15(20(13)23)16-11-19(24)27-21(14)16/h3,12-18,20-21H,1,4-11H2,2H3/t12-,13+,14+,15+,16+,17-,18-,20+,21-/m0/s1. The fourth-order valence-electron chi connectivity index (χ4n) is 7.14. The maximum atomic E-state index is 12.2. The smallest absolute Gasteiger partial charge is 0.309 e. The minimum Gasteiger partial charge on any atom is -0.462 e. The van der Waals surface area contributed by atoms with E-state index in [1.165, 1.54) is 19.3 Å². The fraction of sp³-hybridized carbons (Fsp3) is 0.818. The summed E-state index contributed by atoms with van der Waals surface area (Å²) < 4.78 is 11.7. The molecule has 4 heterocycles. The van der Waals surface area contributed by atoms with Gasteiger partial charge in [-0.3, -0.25) is 14.5 Å². The Morgan fingerprint density at radius 3 is 2.74 bits per heavy atom. The molecule has 1 saturated carbocycles. The van der Waals surface area contributed by atoms with Gasteiger partial charge >= 0.3 is 11.9 Å². The van der Waals surface area contributed by atoms with Crippen molar-refractivity contribution in [3.63, 3.8) is 0 Å². The Balaban J connectivity index is 1.49. The molecule has 5 nitrogen and oxygen atoms in total. The minimum atomic E-state index is -0.0389. The van der Waals surface area contributed by atoms with Gasteiger partial charge in [0.15, 0.2) is 0 Å². The molecule has 4 aliphatic heterocycles. The lowest BCUT2D eigenvalue weighted by atomic mass is 9.61. The summed E-state index contributed by atoms with van der Waals surface area (Å²) in [5.74, 6) is 1.72. The van der Waals surface area contributed by atoms with Crippen LogP contribution in [0.15, 0.2) is 12.7 Å². The molecule has 5 fully saturated rings. The number of ether oxygens (including phenoxy) is 2. The maximum absolute atomic E-state index is 12.2. The quantitative estimate of drug-likeness (QED) is 0.562. The van der Waals surface area contributed by atoms with E-state index in [4.69, 9.17) is 9.47 Å². The predicted molar refractivity (Wildman–Crippen MR) is 99.7 cm³/mol. The van der Waals surface area contributed by atoms with Gasteiger partial charge in [-0.2, -0.15) is 0 Å². The molecule has 27 heavy (non-hydrogen) atoms. The first-order valence-electron chi connectivity index (χ1n) is 10.8. The van der Waals surface area contributed by atoms with E-state index in [0.29, 0.717) is 42.2 Å². The molecule has 0 aromatic rings. The van der Waals surface area contributed by atoms with E-state index >= 15 is 0 Å². The molecular formula is C22H31NO4. The molecule has 5 heteroatoms. The van der Waals surface area contributed by atoms with Crippen LogP contribution in [0.25, 0.3) is 0 Å². The summed E-state index contributed by atoms with van der Waals surface area (Å²) in [5, 5.41) is 0. The Morgan fingerprint density at radius 1 is 1.15 bits per heavy atom. The first kappa shape index (κ1) is 17.7. The van der Waals surface area contributed by atoms with Gasteiger partial charge in [0.05, 0.1) is 12.3 Å². The monoisotopic (exact) mass is 373 g/mol. The van der Waals surface area contributed by atoms with Crippen LogP contribution in [0.5, 0.6) is 0 Å². The maximum Gasteiger partial charge on any atom is 0.309 e. The second-order valence-electron chi connectivity index (χ2n) is 9.48. The van der Waals surface area contributed by atoms with Crippen LogP contribution in [0.3, 0.4) is 0 Å². The predicted octanol–water partition coefficient (Wildman–Crippen LogP) is 2.93. The molecule has 0 unspecified atom stereocenters. The van der Waals surface area contributed by atoms with Crippen LogP contribution in [0, 0.1) is 29.6 Å². The van der Waals surface area contributed by atoms with Gasteiger partial charge in [0, 0.05) is 23.9 Å². The highest BCUT2D eigenvalue weighted by atomic mass is 16.6.